The van der Waals surface area contributed by atoms with Crippen molar-refractivity contribution in [2.75, 3.05) is 20.2 Å². The van der Waals surface area contributed by atoms with Gasteiger partial charge in [-0.05, 0) is 64.4 Å². The van der Waals surface area contributed by atoms with Gasteiger partial charge in [-0.25, -0.2) is 0 Å². The Morgan fingerprint density at radius 1 is 1.43 bits per heavy atom. The first-order valence-electron chi connectivity index (χ1n) is 7.74. The van der Waals surface area contributed by atoms with Crippen molar-refractivity contribution >= 4 is 5.71 Å². The van der Waals surface area contributed by atoms with E-state index in [1.54, 1.807) is 6.92 Å². The molecule has 1 atom stereocenters. The number of ether oxygens (including phenoxy) is 1. The summed E-state index contributed by atoms with van der Waals surface area (Å²) < 4.78 is 5.97. The van der Waals surface area contributed by atoms with E-state index in [1.165, 1.54) is 25.8 Å². The first-order valence-corrected chi connectivity index (χ1v) is 7.74. The zero-order valence-electron chi connectivity index (χ0n) is 13.3. The van der Waals surface area contributed by atoms with Crippen molar-refractivity contribution in [3.63, 3.8) is 0 Å². The first kappa shape index (κ1) is 15.8. The molecule has 1 heterocycles. The number of hydrogen-bond acceptors (Lipinski definition) is 4. The van der Waals surface area contributed by atoms with Crippen molar-refractivity contribution < 1.29 is 9.94 Å². The molecule has 21 heavy (non-hydrogen) atoms. The Labute approximate surface area is 127 Å². The average Bonchev–Trinajstić information content (AvgIpc) is 2.48. The largest absolute Gasteiger partial charge is 0.493 e. The molecule has 1 saturated heterocycles. The van der Waals surface area contributed by atoms with Crippen LogP contribution in [-0.2, 0) is 0 Å². The zero-order valence-corrected chi connectivity index (χ0v) is 13.3. The van der Waals surface area contributed by atoms with Crippen molar-refractivity contribution in [1.29, 1.82) is 0 Å². The molecule has 1 aromatic carbocycles. The normalized spacial score (nSPS) is 20.5. The van der Waals surface area contributed by atoms with Gasteiger partial charge in [-0.2, -0.15) is 0 Å². The maximum absolute atomic E-state index is 8.97. The smallest absolute Gasteiger partial charge is 0.128 e. The van der Waals surface area contributed by atoms with Gasteiger partial charge in [0, 0.05) is 11.6 Å². The summed E-state index contributed by atoms with van der Waals surface area (Å²) in [4.78, 5) is 2.43. The van der Waals surface area contributed by atoms with Gasteiger partial charge >= 0.3 is 0 Å². The lowest BCUT2D eigenvalue weighted by Crippen LogP contribution is -2.37. The van der Waals surface area contributed by atoms with E-state index in [4.69, 9.17) is 9.94 Å². The molecule has 1 aromatic rings. The van der Waals surface area contributed by atoms with Crippen molar-refractivity contribution in [3.8, 4) is 5.75 Å². The van der Waals surface area contributed by atoms with E-state index in [-0.39, 0.29) is 0 Å². The minimum Gasteiger partial charge on any atom is -0.493 e. The van der Waals surface area contributed by atoms with Gasteiger partial charge in [0.2, 0.25) is 0 Å². The van der Waals surface area contributed by atoms with E-state index in [1.807, 2.05) is 25.1 Å². The van der Waals surface area contributed by atoms with Gasteiger partial charge in [0.05, 0.1) is 12.3 Å². The summed E-state index contributed by atoms with van der Waals surface area (Å²) in [6.45, 7) is 5.71. The standard InChI is InChI=1S/C17H26N2O2/c1-13-7-8-16(14(2)18-20)17(12-13)21-11-9-15-6-4-5-10-19(15)3/h7-8,12,15,20H,4-6,9-11H2,1-3H3/b18-14+. The third kappa shape index (κ3) is 4.21. The minimum absolute atomic E-state index is 0.583. The van der Waals surface area contributed by atoms with Gasteiger partial charge in [0.1, 0.15) is 5.75 Å². The number of benzene rings is 1. The van der Waals surface area contributed by atoms with E-state index in [0.717, 1.165) is 23.3 Å². The highest BCUT2D eigenvalue weighted by Crippen LogP contribution is 2.23. The zero-order chi connectivity index (χ0) is 15.2. The van der Waals surface area contributed by atoms with Crippen LogP contribution in [0.15, 0.2) is 23.4 Å². The van der Waals surface area contributed by atoms with Crippen LogP contribution in [0.5, 0.6) is 5.75 Å². The van der Waals surface area contributed by atoms with Crippen LogP contribution in [0, 0.1) is 6.92 Å². The highest BCUT2D eigenvalue weighted by molar-refractivity contribution is 6.00. The van der Waals surface area contributed by atoms with Gasteiger partial charge < -0.3 is 14.8 Å². The molecule has 4 nitrogen and oxygen atoms in total. The number of nitrogens with zero attached hydrogens (tertiary/aromatic N) is 2. The maximum atomic E-state index is 8.97. The lowest BCUT2D eigenvalue weighted by molar-refractivity contribution is 0.153. The Hall–Kier alpha value is -1.55. The molecule has 1 aliphatic rings. The van der Waals surface area contributed by atoms with E-state index in [9.17, 15) is 0 Å². The van der Waals surface area contributed by atoms with Crippen LogP contribution in [0.3, 0.4) is 0 Å². The van der Waals surface area contributed by atoms with E-state index >= 15 is 0 Å². The van der Waals surface area contributed by atoms with Gasteiger partial charge in [-0.3, -0.25) is 0 Å². The Morgan fingerprint density at radius 2 is 2.24 bits per heavy atom. The third-order valence-electron chi connectivity index (χ3n) is 4.31. The average molecular weight is 290 g/mol. The monoisotopic (exact) mass is 290 g/mol. The van der Waals surface area contributed by atoms with Gasteiger partial charge in [-0.15, -0.1) is 0 Å². The van der Waals surface area contributed by atoms with E-state index in [2.05, 4.69) is 17.1 Å². The highest BCUT2D eigenvalue weighted by atomic mass is 16.5. The highest BCUT2D eigenvalue weighted by Gasteiger charge is 2.18. The molecule has 1 fully saturated rings. The fraction of sp³-hybridized carbons (Fsp3) is 0.588. The molecule has 1 unspecified atom stereocenters. The second-order valence-electron chi connectivity index (χ2n) is 5.95. The summed E-state index contributed by atoms with van der Waals surface area (Å²) in [6.07, 6.45) is 4.93. The van der Waals surface area contributed by atoms with E-state index < -0.39 is 0 Å². The van der Waals surface area contributed by atoms with Crippen LogP contribution in [-0.4, -0.2) is 42.1 Å². The fourth-order valence-electron chi connectivity index (χ4n) is 2.92. The van der Waals surface area contributed by atoms with Crippen molar-refractivity contribution in [2.45, 2.75) is 45.6 Å². The lowest BCUT2D eigenvalue weighted by atomic mass is 10.0. The molecule has 0 bridgehead atoms. The summed E-state index contributed by atoms with van der Waals surface area (Å²) >= 11 is 0. The topological polar surface area (TPSA) is 45.1 Å². The molecule has 116 valence electrons. The van der Waals surface area contributed by atoms with Crippen molar-refractivity contribution in [2.24, 2.45) is 5.16 Å². The predicted octanol–water partition coefficient (Wildman–Crippen LogP) is 3.45. The van der Waals surface area contributed by atoms with Crippen LogP contribution >= 0.6 is 0 Å². The van der Waals surface area contributed by atoms with Crippen LogP contribution in [0.25, 0.3) is 0 Å². The summed E-state index contributed by atoms with van der Waals surface area (Å²) in [6, 6.07) is 6.59. The summed E-state index contributed by atoms with van der Waals surface area (Å²) in [7, 11) is 2.20. The van der Waals surface area contributed by atoms with Crippen LogP contribution in [0.1, 0.15) is 43.7 Å². The van der Waals surface area contributed by atoms with Crippen molar-refractivity contribution in [1.82, 2.24) is 4.90 Å². The third-order valence-corrected chi connectivity index (χ3v) is 4.31. The summed E-state index contributed by atoms with van der Waals surface area (Å²) in [5.41, 5.74) is 2.59. The van der Waals surface area contributed by atoms with Gasteiger partial charge in [-0.1, -0.05) is 17.6 Å². The molecular formula is C17H26N2O2. The van der Waals surface area contributed by atoms with Crippen LogP contribution in [0.2, 0.25) is 0 Å². The number of hydrogen-bond donors (Lipinski definition) is 1. The lowest BCUT2D eigenvalue weighted by Gasteiger charge is -2.32. The van der Waals surface area contributed by atoms with Crippen LogP contribution in [0.4, 0.5) is 0 Å². The van der Waals surface area contributed by atoms with Gasteiger partial charge in [0.25, 0.3) is 0 Å². The number of oxime groups is 1. The molecule has 1 N–H and O–H groups in total. The molecule has 0 radical (unpaired) electrons. The first-order chi connectivity index (χ1) is 10.1. The Kier molecular flexibility index (Phi) is 5.62. The molecule has 2 rings (SSSR count). The predicted molar refractivity (Wildman–Crippen MR) is 85.6 cm³/mol. The van der Waals surface area contributed by atoms with E-state index in [0.29, 0.717) is 18.4 Å². The molecule has 4 heteroatoms. The number of piperidine rings is 1. The molecule has 0 aromatic heterocycles. The fourth-order valence-corrected chi connectivity index (χ4v) is 2.92. The summed E-state index contributed by atoms with van der Waals surface area (Å²) in [5, 5.41) is 12.3. The van der Waals surface area contributed by atoms with Crippen molar-refractivity contribution in [3.05, 3.63) is 29.3 Å². The number of rotatable bonds is 5. The summed E-state index contributed by atoms with van der Waals surface area (Å²) in [5.74, 6) is 0.809. The number of aryl methyl sites for hydroxylation is 1. The number of likely N-dealkylation sites (tertiary alicyclic amines) is 1. The quantitative estimate of drug-likeness (QED) is 0.513. The Morgan fingerprint density at radius 3 is 2.95 bits per heavy atom. The molecule has 0 saturated carbocycles. The molecule has 0 aliphatic carbocycles. The van der Waals surface area contributed by atoms with Gasteiger partial charge in [0.15, 0.2) is 0 Å². The molecule has 0 spiro atoms. The van der Waals surface area contributed by atoms with Crippen LogP contribution < -0.4 is 4.74 Å². The molecule has 1 aliphatic heterocycles. The molecule has 0 amide bonds. The minimum atomic E-state index is 0.583. The Balaban J connectivity index is 1.97. The Bertz CT molecular complexity index is 500. The SMILES string of the molecule is C/C(=N\O)c1ccc(C)cc1OCCC1CCCCN1C. The maximum Gasteiger partial charge on any atom is 0.128 e. The second kappa shape index (κ2) is 7.46. The molecular weight excluding hydrogens is 264 g/mol. The second-order valence-corrected chi connectivity index (χ2v) is 5.95.